The van der Waals surface area contributed by atoms with Crippen LogP contribution in [-0.2, 0) is 6.54 Å². The van der Waals surface area contributed by atoms with Crippen molar-refractivity contribution in [2.24, 2.45) is 0 Å². The zero-order valence-corrected chi connectivity index (χ0v) is 7.57. The summed E-state index contributed by atoms with van der Waals surface area (Å²) in [5, 5.41) is 3.43. The molecule has 1 aromatic rings. The first-order chi connectivity index (χ1) is 5.75. The Kier molecular flexibility index (Phi) is 1.73. The molecule has 0 amide bonds. The molecule has 1 heterocycles. The Hall–Kier alpha value is -1.09. The Balaban J connectivity index is 2.44. The second-order valence-corrected chi connectivity index (χ2v) is 3.23. The molecule has 1 N–H and O–H groups in total. The van der Waals surface area contributed by atoms with Gasteiger partial charge in [0.25, 0.3) is 5.17 Å². The number of thiocarbonyl (C=S) groups is 1. The second-order valence-electron chi connectivity index (χ2n) is 2.85. The van der Waals surface area contributed by atoms with E-state index < -0.39 is 0 Å². The highest BCUT2D eigenvalue weighted by Crippen LogP contribution is 2.22. The summed E-state index contributed by atoms with van der Waals surface area (Å²) >= 11 is 4.89. The number of fused-ring (bicyclic) bond motifs is 1. The van der Waals surface area contributed by atoms with Gasteiger partial charge >= 0.3 is 0 Å². The van der Waals surface area contributed by atoms with Crippen LogP contribution in [0.1, 0.15) is 11.1 Å². The normalized spacial score (nSPS) is 14.6. The average Bonchev–Trinajstić information content (AvgIpc) is 2.03. The van der Waals surface area contributed by atoms with E-state index >= 15 is 0 Å². The van der Waals surface area contributed by atoms with Crippen LogP contribution in [0, 0.1) is 6.92 Å². The highest BCUT2D eigenvalue weighted by molar-refractivity contribution is 7.80. The van der Waals surface area contributed by atoms with Gasteiger partial charge in [0, 0.05) is 12.1 Å². The van der Waals surface area contributed by atoms with Crippen LogP contribution in [0.25, 0.3) is 0 Å². The number of ether oxygens (including phenoxy) is 1. The van der Waals surface area contributed by atoms with Gasteiger partial charge in [0.1, 0.15) is 5.75 Å². The van der Waals surface area contributed by atoms with Gasteiger partial charge < -0.3 is 10.1 Å². The zero-order valence-electron chi connectivity index (χ0n) is 6.76. The predicted octanol–water partition coefficient (Wildman–Crippen LogP) is 1.76. The molecule has 0 spiro atoms. The smallest absolute Gasteiger partial charge is 0.262 e. The van der Waals surface area contributed by atoms with E-state index in [9.17, 15) is 0 Å². The minimum absolute atomic E-state index is 0.466. The fraction of sp³-hybridized carbons (Fsp3) is 0.222. The van der Waals surface area contributed by atoms with Gasteiger partial charge in [-0.05, 0) is 30.8 Å². The molecule has 1 aliphatic rings. The minimum Gasteiger partial charge on any atom is -0.432 e. The maximum Gasteiger partial charge on any atom is 0.262 e. The molecule has 2 nitrogen and oxygen atoms in total. The second kappa shape index (κ2) is 2.75. The first-order valence-electron chi connectivity index (χ1n) is 3.81. The van der Waals surface area contributed by atoms with Crippen molar-refractivity contribution in [3.05, 3.63) is 29.3 Å². The van der Waals surface area contributed by atoms with Gasteiger partial charge in [0.05, 0.1) is 0 Å². The average molecular weight is 179 g/mol. The molecule has 62 valence electrons. The van der Waals surface area contributed by atoms with Crippen LogP contribution < -0.4 is 10.1 Å². The van der Waals surface area contributed by atoms with Crippen LogP contribution in [0.3, 0.4) is 0 Å². The Morgan fingerprint density at radius 1 is 1.50 bits per heavy atom. The van der Waals surface area contributed by atoms with Crippen molar-refractivity contribution in [2.45, 2.75) is 13.5 Å². The number of benzene rings is 1. The lowest BCUT2D eigenvalue weighted by molar-refractivity contribution is 0.497. The molecule has 1 aliphatic heterocycles. The number of rotatable bonds is 0. The fourth-order valence-electron chi connectivity index (χ4n) is 1.21. The van der Waals surface area contributed by atoms with Gasteiger partial charge in [0.15, 0.2) is 0 Å². The molecule has 12 heavy (non-hydrogen) atoms. The van der Waals surface area contributed by atoms with Crippen molar-refractivity contribution in [1.82, 2.24) is 5.32 Å². The highest BCUT2D eigenvalue weighted by Gasteiger charge is 2.12. The summed E-state index contributed by atoms with van der Waals surface area (Å²) in [6.07, 6.45) is 0. The van der Waals surface area contributed by atoms with Gasteiger partial charge in [0.2, 0.25) is 0 Å². The van der Waals surface area contributed by atoms with Crippen molar-refractivity contribution in [1.29, 1.82) is 0 Å². The lowest BCUT2D eigenvalue weighted by Crippen LogP contribution is -2.30. The molecule has 0 fully saturated rings. The third kappa shape index (κ3) is 1.28. The van der Waals surface area contributed by atoms with E-state index in [1.54, 1.807) is 0 Å². The van der Waals surface area contributed by atoms with Crippen LogP contribution in [0.15, 0.2) is 18.2 Å². The molecule has 0 aromatic heterocycles. The van der Waals surface area contributed by atoms with Gasteiger partial charge in [-0.1, -0.05) is 12.1 Å². The fourth-order valence-corrected chi connectivity index (χ4v) is 1.37. The molecule has 0 bridgehead atoms. The molecule has 0 saturated heterocycles. The van der Waals surface area contributed by atoms with Crippen LogP contribution in [0.4, 0.5) is 0 Å². The Bertz CT molecular complexity index is 335. The van der Waals surface area contributed by atoms with Gasteiger partial charge in [-0.2, -0.15) is 0 Å². The SMILES string of the molecule is Cc1ccc2c(c1)OC(=S)NC2. The maximum atomic E-state index is 5.33. The van der Waals surface area contributed by atoms with E-state index in [-0.39, 0.29) is 0 Å². The van der Waals surface area contributed by atoms with E-state index in [4.69, 9.17) is 17.0 Å². The highest BCUT2D eigenvalue weighted by atomic mass is 32.1. The predicted molar refractivity (Wildman–Crippen MR) is 51.2 cm³/mol. The molecule has 0 atom stereocenters. The summed E-state index contributed by atoms with van der Waals surface area (Å²) in [6, 6.07) is 6.13. The molecule has 1 aromatic carbocycles. The number of hydrogen-bond donors (Lipinski definition) is 1. The van der Waals surface area contributed by atoms with Gasteiger partial charge in [-0.3, -0.25) is 0 Å². The Labute approximate surface area is 76.5 Å². The third-order valence-corrected chi connectivity index (χ3v) is 2.08. The summed E-state index contributed by atoms with van der Waals surface area (Å²) in [5.41, 5.74) is 2.35. The van der Waals surface area contributed by atoms with E-state index in [0.29, 0.717) is 5.17 Å². The lowest BCUT2D eigenvalue weighted by Gasteiger charge is -2.19. The van der Waals surface area contributed by atoms with Crippen LogP contribution in [0.5, 0.6) is 5.75 Å². The molecule has 2 rings (SSSR count). The maximum absolute atomic E-state index is 5.33. The van der Waals surface area contributed by atoms with Crippen molar-refractivity contribution >= 4 is 17.4 Å². The van der Waals surface area contributed by atoms with Crippen molar-refractivity contribution < 1.29 is 4.74 Å². The minimum atomic E-state index is 0.466. The number of hydrogen-bond acceptors (Lipinski definition) is 2. The summed E-state index contributed by atoms with van der Waals surface area (Å²) in [4.78, 5) is 0. The van der Waals surface area contributed by atoms with E-state index in [1.807, 2.05) is 13.0 Å². The molecule has 0 aliphatic carbocycles. The van der Waals surface area contributed by atoms with Crippen molar-refractivity contribution in [2.75, 3.05) is 0 Å². The van der Waals surface area contributed by atoms with Crippen LogP contribution >= 0.6 is 12.2 Å². The molecule has 0 radical (unpaired) electrons. The molecule has 0 saturated carbocycles. The van der Waals surface area contributed by atoms with E-state index in [2.05, 4.69) is 17.4 Å². The quantitative estimate of drug-likeness (QED) is 0.613. The molecule has 0 unspecified atom stereocenters. The van der Waals surface area contributed by atoms with Gasteiger partial charge in [-0.15, -0.1) is 0 Å². The summed E-state index contributed by atoms with van der Waals surface area (Å²) < 4.78 is 5.33. The van der Waals surface area contributed by atoms with Gasteiger partial charge in [-0.25, -0.2) is 0 Å². The summed E-state index contributed by atoms with van der Waals surface area (Å²) in [7, 11) is 0. The van der Waals surface area contributed by atoms with Crippen molar-refractivity contribution in [3.63, 3.8) is 0 Å². The van der Waals surface area contributed by atoms with Crippen LogP contribution in [0.2, 0.25) is 0 Å². The monoisotopic (exact) mass is 179 g/mol. The number of aryl methyl sites for hydroxylation is 1. The topological polar surface area (TPSA) is 21.3 Å². The first-order valence-corrected chi connectivity index (χ1v) is 4.22. The van der Waals surface area contributed by atoms with Crippen molar-refractivity contribution in [3.8, 4) is 5.75 Å². The summed E-state index contributed by atoms with van der Waals surface area (Å²) in [5.74, 6) is 0.888. The largest absolute Gasteiger partial charge is 0.432 e. The standard InChI is InChI=1S/C9H9NOS/c1-6-2-3-7-5-10-9(12)11-8(7)4-6/h2-4H,5H2,1H3,(H,10,12). The third-order valence-electron chi connectivity index (χ3n) is 1.85. The lowest BCUT2D eigenvalue weighted by atomic mass is 10.1. The Morgan fingerprint density at radius 2 is 2.33 bits per heavy atom. The zero-order chi connectivity index (χ0) is 8.55. The molecule has 3 heteroatoms. The summed E-state index contributed by atoms with van der Waals surface area (Å²) in [6.45, 7) is 2.81. The van der Waals surface area contributed by atoms with Crippen LogP contribution in [-0.4, -0.2) is 5.17 Å². The Morgan fingerprint density at radius 3 is 3.17 bits per heavy atom. The van der Waals surface area contributed by atoms with E-state index in [0.717, 1.165) is 17.9 Å². The number of nitrogens with one attached hydrogen (secondary N) is 1. The van der Waals surface area contributed by atoms with E-state index in [1.165, 1.54) is 5.56 Å². The first kappa shape index (κ1) is 7.55. The molecular weight excluding hydrogens is 170 g/mol. The molecular formula is C9H9NOS.